The van der Waals surface area contributed by atoms with Gasteiger partial charge in [0.2, 0.25) is 5.91 Å². The van der Waals surface area contributed by atoms with Gasteiger partial charge in [-0.1, -0.05) is 212 Å². The van der Waals surface area contributed by atoms with Crippen molar-refractivity contribution in [3.63, 3.8) is 0 Å². The number of aliphatic imine (C=N–C) groups is 1. The highest BCUT2D eigenvalue weighted by Gasteiger charge is 2.18. The van der Waals surface area contributed by atoms with Gasteiger partial charge in [-0.25, -0.2) is 9.79 Å². The monoisotopic (exact) mass is 853 g/mol. The summed E-state index contributed by atoms with van der Waals surface area (Å²) < 4.78 is 5.61. The molecular formula is C53H98N5O3. The van der Waals surface area contributed by atoms with Crippen LogP contribution in [0.4, 0.5) is 4.79 Å². The normalized spacial score (nSPS) is 12.6. The fraction of sp³-hybridized carbons (Fsp3) is 0.811. The smallest absolute Gasteiger partial charge is 0.415 e. The zero-order chi connectivity index (χ0) is 44.1. The Kier molecular flexibility index (Phi) is 41.2. The minimum Gasteiger partial charge on any atom is -0.444 e. The quantitative estimate of drug-likeness (QED) is 0.0342. The standard InChI is InChI=1S/C53H98N5O3/c1-4-7-8-9-10-11-12-13-14-16-19-22-26-36-49(35-5-2)37-27-23-20-17-15-18-21-24-30-40-51(6-3)52(59)57-48-58(53(60)61-47-50-38-28-25-29-39-50)46-34-45-56-43-32-31-42-55-44-33-41-54/h25,28-29,35,38-39,48-49,51,55-56H,4-24,26-27,30-34,36-37,40-47,54H2,1-3H3. The van der Waals surface area contributed by atoms with Gasteiger partial charge in [0.25, 0.3) is 0 Å². The van der Waals surface area contributed by atoms with Gasteiger partial charge in [-0.05, 0) is 89.2 Å². The summed E-state index contributed by atoms with van der Waals surface area (Å²) >= 11 is 0. The number of hydrogen-bond acceptors (Lipinski definition) is 6. The molecule has 1 radical (unpaired) electrons. The SMILES string of the molecule is CC[CH]C(CCCCCCCCCCCCCCC)CCCCCCCCCCCC(CC)C(=O)N=CN(CCCNCCCCNCCCN)C(=O)OCc1ccccc1. The molecule has 61 heavy (non-hydrogen) atoms. The average Bonchev–Trinajstić information content (AvgIpc) is 3.27. The highest BCUT2D eigenvalue weighted by Crippen LogP contribution is 2.23. The number of nitrogens with two attached hydrogens (primary N) is 1. The molecule has 0 aliphatic heterocycles. The second kappa shape index (κ2) is 44.3. The Morgan fingerprint density at radius 1 is 0.623 bits per heavy atom. The molecule has 0 spiro atoms. The van der Waals surface area contributed by atoms with Crippen molar-refractivity contribution in [1.29, 1.82) is 0 Å². The molecule has 353 valence electrons. The molecule has 8 heteroatoms. The second-order valence-electron chi connectivity index (χ2n) is 17.8. The lowest BCUT2D eigenvalue weighted by Crippen LogP contribution is -2.33. The number of carbonyl (C=O) groups is 2. The molecule has 2 unspecified atom stereocenters. The number of benzene rings is 1. The van der Waals surface area contributed by atoms with Crippen LogP contribution in [0.5, 0.6) is 0 Å². The highest BCUT2D eigenvalue weighted by molar-refractivity contribution is 5.91. The van der Waals surface area contributed by atoms with E-state index in [9.17, 15) is 9.59 Å². The van der Waals surface area contributed by atoms with Crippen molar-refractivity contribution in [1.82, 2.24) is 15.5 Å². The first-order valence-corrected chi connectivity index (χ1v) is 26.1. The van der Waals surface area contributed by atoms with E-state index in [1.807, 2.05) is 30.3 Å². The van der Waals surface area contributed by atoms with E-state index < -0.39 is 6.09 Å². The van der Waals surface area contributed by atoms with E-state index in [4.69, 9.17) is 10.5 Å². The van der Waals surface area contributed by atoms with Gasteiger partial charge in [-0.15, -0.1) is 0 Å². The molecule has 0 aliphatic carbocycles. The van der Waals surface area contributed by atoms with E-state index in [1.54, 1.807) is 0 Å². The lowest BCUT2D eigenvalue weighted by atomic mass is 9.90. The first-order chi connectivity index (χ1) is 30.0. The van der Waals surface area contributed by atoms with Crippen molar-refractivity contribution in [2.45, 2.75) is 226 Å². The predicted molar refractivity (Wildman–Crippen MR) is 263 cm³/mol. The maximum Gasteiger partial charge on any atom is 0.415 e. The number of nitrogens with one attached hydrogen (secondary N) is 2. The van der Waals surface area contributed by atoms with Crippen molar-refractivity contribution in [2.24, 2.45) is 22.6 Å². The van der Waals surface area contributed by atoms with Crippen molar-refractivity contribution >= 4 is 18.3 Å². The number of ether oxygens (including phenoxy) is 1. The van der Waals surface area contributed by atoms with Crippen LogP contribution in [-0.4, -0.2) is 62.5 Å². The van der Waals surface area contributed by atoms with Crippen molar-refractivity contribution in [2.75, 3.05) is 39.3 Å². The number of amides is 2. The maximum atomic E-state index is 13.2. The average molecular weight is 853 g/mol. The van der Waals surface area contributed by atoms with Crippen LogP contribution in [0.15, 0.2) is 35.3 Å². The zero-order valence-corrected chi connectivity index (χ0v) is 40.3. The summed E-state index contributed by atoms with van der Waals surface area (Å²) in [7, 11) is 0. The van der Waals surface area contributed by atoms with Gasteiger partial charge in [0.1, 0.15) is 12.9 Å². The number of unbranched alkanes of at least 4 members (excludes halogenated alkanes) is 21. The molecule has 0 heterocycles. The summed E-state index contributed by atoms with van der Waals surface area (Å²) in [5.74, 6) is 0.586. The molecule has 0 fully saturated rings. The molecule has 0 saturated heterocycles. The predicted octanol–water partition coefficient (Wildman–Crippen LogP) is 13.9. The largest absolute Gasteiger partial charge is 0.444 e. The Morgan fingerprint density at radius 2 is 1.10 bits per heavy atom. The Hall–Kier alpha value is -2.29. The molecule has 0 aliphatic rings. The molecule has 0 aromatic heterocycles. The van der Waals surface area contributed by atoms with Gasteiger partial charge in [0.05, 0.1) is 0 Å². The third kappa shape index (κ3) is 35.8. The van der Waals surface area contributed by atoms with Crippen LogP contribution in [0.2, 0.25) is 0 Å². The number of hydrogen-bond donors (Lipinski definition) is 3. The van der Waals surface area contributed by atoms with Crippen LogP contribution >= 0.6 is 0 Å². The Bertz CT molecular complexity index is 1120. The second-order valence-corrected chi connectivity index (χ2v) is 17.8. The molecule has 2 atom stereocenters. The Labute approximate surface area is 377 Å². The van der Waals surface area contributed by atoms with Gasteiger partial charge in [-0.3, -0.25) is 9.69 Å². The molecule has 1 aromatic carbocycles. The molecule has 1 aromatic rings. The molecular weight excluding hydrogens is 755 g/mol. The fourth-order valence-electron chi connectivity index (χ4n) is 8.26. The Morgan fingerprint density at radius 3 is 1.59 bits per heavy atom. The van der Waals surface area contributed by atoms with Crippen molar-refractivity contribution in [3.05, 3.63) is 42.3 Å². The van der Waals surface area contributed by atoms with E-state index in [1.165, 1.54) is 159 Å². The van der Waals surface area contributed by atoms with Gasteiger partial charge in [0.15, 0.2) is 0 Å². The van der Waals surface area contributed by atoms with E-state index in [-0.39, 0.29) is 18.4 Å². The topological polar surface area (TPSA) is 109 Å². The highest BCUT2D eigenvalue weighted by atomic mass is 16.6. The van der Waals surface area contributed by atoms with E-state index >= 15 is 0 Å². The van der Waals surface area contributed by atoms with Crippen LogP contribution in [-0.2, 0) is 16.1 Å². The summed E-state index contributed by atoms with van der Waals surface area (Å²) in [6, 6.07) is 9.67. The van der Waals surface area contributed by atoms with Gasteiger partial charge < -0.3 is 21.1 Å². The van der Waals surface area contributed by atoms with E-state index in [0.29, 0.717) is 6.54 Å². The molecule has 0 bridgehead atoms. The van der Waals surface area contributed by atoms with Crippen LogP contribution < -0.4 is 16.4 Å². The molecule has 8 nitrogen and oxygen atoms in total. The third-order valence-electron chi connectivity index (χ3n) is 12.2. The fourth-order valence-corrected chi connectivity index (χ4v) is 8.26. The van der Waals surface area contributed by atoms with Crippen molar-refractivity contribution in [3.8, 4) is 0 Å². The van der Waals surface area contributed by atoms with E-state index in [2.05, 4.69) is 42.8 Å². The Balaban J connectivity index is 2.23. The van der Waals surface area contributed by atoms with Gasteiger partial charge in [-0.2, -0.15) is 0 Å². The van der Waals surface area contributed by atoms with Crippen molar-refractivity contribution < 1.29 is 14.3 Å². The first-order valence-electron chi connectivity index (χ1n) is 26.1. The number of carbonyl (C=O) groups excluding carboxylic acids is 2. The van der Waals surface area contributed by atoms with Crippen LogP contribution in [0.25, 0.3) is 0 Å². The first kappa shape index (κ1) is 56.7. The summed E-state index contributed by atoms with van der Waals surface area (Å²) in [4.78, 5) is 32.0. The molecule has 1 rings (SSSR count). The summed E-state index contributed by atoms with van der Waals surface area (Å²) in [5, 5.41) is 6.88. The van der Waals surface area contributed by atoms with E-state index in [0.717, 1.165) is 95.6 Å². The molecule has 2 amide bonds. The molecule has 4 N–H and O–H groups in total. The van der Waals surface area contributed by atoms with Gasteiger partial charge in [0, 0.05) is 12.5 Å². The lowest BCUT2D eigenvalue weighted by molar-refractivity contribution is -0.121. The molecule has 0 saturated carbocycles. The minimum atomic E-state index is -0.476. The number of nitrogens with zero attached hydrogens (tertiary/aromatic N) is 2. The third-order valence-corrected chi connectivity index (χ3v) is 12.2. The van der Waals surface area contributed by atoms with Crippen LogP contribution in [0, 0.1) is 18.3 Å². The summed E-state index contributed by atoms with van der Waals surface area (Å²) in [5.41, 5.74) is 6.47. The van der Waals surface area contributed by atoms with Crippen LogP contribution in [0.3, 0.4) is 0 Å². The zero-order valence-electron chi connectivity index (χ0n) is 40.3. The minimum absolute atomic E-state index is 0.108. The maximum absolute atomic E-state index is 13.2. The van der Waals surface area contributed by atoms with Gasteiger partial charge >= 0.3 is 6.09 Å². The van der Waals surface area contributed by atoms with Crippen LogP contribution in [0.1, 0.15) is 225 Å². The summed E-state index contributed by atoms with van der Waals surface area (Å²) in [6.07, 6.45) is 43.3. The lowest BCUT2D eigenvalue weighted by Gasteiger charge is -2.18. The summed E-state index contributed by atoms with van der Waals surface area (Å²) in [6.45, 7) is 11.7. The number of rotatable bonds is 45.